The van der Waals surface area contributed by atoms with Gasteiger partial charge in [-0.1, -0.05) is 36.4 Å². The van der Waals surface area contributed by atoms with Gasteiger partial charge in [-0.15, -0.1) is 0 Å². The van der Waals surface area contributed by atoms with E-state index >= 15 is 0 Å². The lowest BCUT2D eigenvalue weighted by atomic mass is 10.00. The largest absolute Gasteiger partial charge is 0.379 e. The first-order valence-electron chi connectivity index (χ1n) is 11.9. The Hall–Kier alpha value is -2.57. The van der Waals surface area contributed by atoms with Gasteiger partial charge < -0.3 is 20.3 Å². The molecular formula is C26H37N5O. The summed E-state index contributed by atoms with van der Waals surface area (Å²) < 4.78 is 5.49. The monoisotopic (exact) mass is 435 g/mol. The molecule has 1 fully saturated rings. The van der Waals surface area contributed by atoms with E-state index in [1.807, 2.05) is 0 Å². The maximum Gasteiger partial charge on any atom is 0.191 e. The summed E-state index contributed by atoms with van der Waals surface area (Å²) in [5.41, 5.74) is 6.77. The van der Waals surface area contributed by atoms with E-state index in [0.29, 0.717) is 6.54 Å². The molecule has 0 amide bonds. The van der Waals surface area contributed by atoms with Gasteiger partial charge in [0.15, 0.2) is 5.96 Å². The molecule has 2 aliphatic rings. The topological polar surface area (TPSA) is 52.1 Å². The molecule has 0 spiro atoms. The van der Waals surface area contributed by atoms with Gasteiger partial charge in [-0.25, -0.2) is 4.99 Å². The number of morpholine rings is 1. The molecule has 1 saturated heterocycles. The van der Waals surface area contributed by atoms with Crippen LogP contribution in [0.2, 0.25) is 0 Å². The Morgan fingerprint density at radius 2 is 1.84 bits per heavy atom. The highest BCUT2D eigenvalue weighted by molar-refractivity contribution is 5.79. The zero-order valence-corrected chi connectivity index (χ0v) is 19.6. The number of nitrogens with zero attached hydrogens (tertiary/aromatic N) is 3. The average Bonchev–Trinajstić information content (AvgIpc) is 2.82. The summed E-state index contributed by atoms with van der Waals surface area (Å²) in [7, 11) is 2.18. The summed E-state index contributed by atoms with van der Waals surface area (Å²) in [5, 5.41) is 6.94. The summed E-state index contributed by atoms with van der Waals surface area (Å²) >= 11 is 0. The normalized spacial score (nSPS) is 17.2. The van der Waals surface area contributed by atoms with Crippen molar-refractivity contribution in [3.63, 3.8) is 0 Å². The molecule has 172 valence electrons. The third-order valence-corrected chi connectivity index (χ3v) is 6.32. The second kappa shape index (κ2) is 11.3. The van der Waals surface area contributed by atoms with Crippen LogP contribution in [0.15, 0.2) is 47.5 Å². The SMILES string of the molecule is CCNC(=NCc1ccc2c(c1)CCCN2C)NCc1ccccc1CN1CCOCC1. The van der Waals surface area contributed by atoms with Crippen LogP contribution in [0.3, 0.4) is 0 Å². The van der Waals surface area contributed by atoms with E-state index in [2.05, 4.69) is 76.9 Å². The van der Waals surface area contributed by atoms with Crippen molar-refractivity contribution < 1.29 is 4.74 Å². The van der Waals surface area contributed by atoms with E-state index < -0.39 is 0 Å². The predicted octanol–water partition coefficient (Wildman–Crippen LogP) is 3.16. The highest BCUT2D eigenvalue weighted by Crippen LogP contribution is 2.27. The molecule has 6 nitrogen and oxygen atoms in total. The number of fused-ring (bicyclic) bond motifs is 1. The van der Waals surface area contributed by atoms with Gasteiger partial charge in [0.1, 0.15) is 0 Å². The Morgan fingerprint density at radius 3 is 2.66 bits per heavy atom. The third-order valence-electron chi connectivity index (χ3n) is 6.32. The lowest BCUT2D eigenvalue weighted by Crippen LogP contribution is -2.38. The van der Waals surface area contributed by atoms with E-state index in [9.17, 15) is 0 Å². The van der Waals surface area contributed by atoms with Crippen molar-refractivity contribution in [2.45, 2.75) is 39.4 Å². The second-order valence-electron chi connectivity index (χ2n) is 8.69. The number of nitrogens with one attached hydrogen (secondary N) is 2. The van der Waals surface area contributed by atoms with E-state index in [1.165, 1.54) is 34.4 Å². The molecule has 0 atom stereocenters. The number of guanidine groups is 1. The number of aliphatic imine (C=N–C) groups is 1. The number of anilines is 1. The van der Waals surface area contributed by atoms with Crippen molar-refractivity contribution in [3.8, 4) is 0 Å². The summed E-state index contributed by atoms with van der Waals surface area (Å²) in [4.78, 5) is 9.69. The van der Waals surface area contributed by atoms with E-state index in [-0.39, 0.29) is 0 Å². The molecule has 2 N–H and O–H groups in total. The average molecular weight is 436 g/mol. The van der Waals surface area contributed by atoms with Gasteiger partial charge in [0.2, 0.25) is 0 Å². The predicted molar refractivity (Wildman–Crippen MR) is 132 cm³/mol. The fraction of sp³-hybridized carbons (Fsp3) is 0.500. The minimum absolute atomic E-state index is 0.682. The Kier molecular flexibility index (Phi) is 8.02. The molecule has 6 heteroatoms. The molecule has 0 aliphatic carbocycles. The number of benzene rings is 2. The van der Waals surface area contributed by atoms with Crippen LogP contribution in [0.4, 0.5) is 5.69 Å². The summed E-state index contributed by atoms with van der Waals surface area (Å²) in [6.45, 7) is 10.2. The van der Waals surface area contributed by atoms with Gasteiger partial charge in [0.05, 0.1) is 19.8 Å². The molecule has 0 unspecified atom stereocenters. The van der Waals surface area contributed by atoms with Gasteiger partial charge in [0, 0.05) is 52.0 Å². The van der Waals surface area contributed by atoms with Crippen LogP contribution in [0.25, 0.3) is 0 Å². The van der Waals surface area contributed by atoms with Crippen molar-refractivity contribution in [3.05, 3.63) is 64.7 Å². The van der Waals surface area contributed by atoms with Gasteiger partial charge in [-0.3, -0.25) is 4.90 Å². The van der Waals surface area contributed by atoms with Crippen LogP contribution < -0.4 is 15.5 Å². The minimum Gasteiger partial charge on any atom is -0.379 e. The van der Waals surface area contributed by atoms with Crippen LogP contribution >= 0.6 is 0 Å². The molecule has 2 heterocycles. The summed E-state index contributed by atoms with van der Waals surface area (Å²) in [6.07, 6.45) is 2.39. The van der Waals surface area contributed by atoms with Crippen molar-refractivity contribution in [2.75, 3.05) is 51.3 Å². The van der Waals surface area contributed by atoms with Crippen LogP contribution in [0.5, 0.6) is 0 Å². The van der Waals surface area contributed by atoms with Gasteiger partial charge >= 0.3 is 0 Å². The quantitative estimate of drug-likeness (QED) is 0.517. The molecule has 0 aromatic heterocycles. The molecule has 4 rings (SSSR count). The molecular weight excluding hydrogens is 398 g/mol. The standard InChI is InChI=1S/C26H37N5O/c1-3-27-26(28-18-21-10-11-25-22(17-21)9-6-12-30(25)2)29-19-23-7-4-5-8-24(23)20-31-13-15-32-16-14-31/h4-5,7-8,10-11,17H,3,6,9,12-16,18-20H2,1-2H3,(H2,27,28,29). The number of ether oxygens (including phenoxy) is 1. The Labute approximate surface area is 192 Å². The Balaban J connectivity index is 1.39. The summed E-state index contributed by atoms with van der Waals surface area (Å²) in [6, 6.07) is 15.5. The first-order valence-corrected chi connectivity index (χ1v) is 11.9. The maximum absolute atomic E-state index is 5.49. The number of rotatable bonds is 7. The number of hydrogen-bond donors (Lipinski definition) is 2. The van der Waals surface area contributed by atoms with E-state index in [0.717, 1.165) is 64.9 Å². The Morgan fingerprint density at radius 1 is 1.03 bits per heavy atom. The van der Waals surface area contributed by atoms with Crippen LogP contribution in [-0.2, 0) is 30.8 Å². The lowest BCUT2D eigenvalue weighted by Gasteiger charge is -2.27. The van der Waals surface area contributed by atoms with Crippen molar-refractivity contribution >= 4 is 11.6 Å². The van der Waals surface area contributed by atoms with Crippen molar-refractivity contribution in [1.82, 2.24) is 15.5 Å². The van der Waals surface area contributed by atoms with E-state index in [1.54, 1.807) is 0 Å². The zero-order chi connectivity index (χ0) is 22.2. The van der Waals surface area contributed by atoms with Gasteiger partial charge in [-0.2, -0.15) is 0 Å². The van der Waals surface area contributed by atoms with Gasteiger partial charge in [0.25, 0.3) is 0 Å². The molecule has 0 saturated carbocycles. The van der Waals surface area contributed by atoms with Crippen molar-refractivity contribution in [2.24, 2.45) is 4.99 Å². The first-order chi connectivity index (χ1) is 15.7. The number of hydrogen-bond acceptors (Lipinski definition) is 4. The van der Waals surface area contributed by atoms with Crippen LogP contribution in [0, 0.1) is 0 Å². The summed E-state index contributed by atoms with van der Waals surface area (Å²) in [5.74, 6) is 0.864. The maximum atomic E-state index is 5.49. The Bertz CT molecular complexity index is 907. The second-order valence-corrected chi connectivity index (χ2v) is 8.69. The van der Waals surface area contributed by atoms with Crippen LogP contribution in [0.1, 0.15) is 35.6 Å². The molecule has 32 heavy (non-hydrogen) atoms. The minimum atomic E-state index is 0.682. The number of aryl methyl sites for hydroxylation is 1. The van der Waals surface area contributed by atoms with E-state index in [4.69, 9.17) is 9.73 Å². The zero-order valence-electron chi connectivity index (χ0n) is 19.6. The molecule has 2 aromatic rings. The smallest absolute Gasteiger partial charge is 0.191 e. The fourth-order valence-corrected chi connectivity index (χ4v) is 4.51. The molecule has 0 bridgehead atoms. The third kappa shape index (κ3) is 6.02. The molecule has 2 aliphatic heterocycles. The first kappa shape index (κ1) is 22.6. The fourth-order valence-electron chi connectivity index (χ4n) is 4.51. The highest BCUT2D eigenvalue weighted by Gasteiger charge is 2.14. The highest BCUT2D eigenvalue weighted by atomic mass is 16.5. The van der Waals surface area contributed by atoms with Crippen LogP contribution in [-0.4, -0.2) is 57.3 Å². The van der Waals surface area contributed by atoms with Gasteiger partial charge in [-0.05, 0) is 48.1 Å². The van der Waals surface area contributed by atoms with Crippen molar-refractivity contribution in [1.29, 1.82) is 0 Å². The molecule has 2 aromatic carbocycles. The lowest BCUT2D eigenvalue weighted by molar-refractivity contribution is 0.0341. The molecule has 0 radical (unpaired) electrons.